The Morgan fingerprint density at radius 1 is 1.35 bits per heavy atom. The van der Waals surface area contributed by atoms with Gasteiger partial charge in [-0.2, -0.15) is 0 Å². The summed E-state index contributed by atoms with van der Waals surface area (Å²) < 4.78 is 5.71. The topological polar surface area (TPSA) is 61.3 Å². The fourth-order valence-electron chi connectivity index (χ4n) is 1.71. The average Bonchev–Trinajstić information content (AvgIpc) is 2.45. The maximum atomic E-state index is 6.09. The van der Waals surface area contributed by atoms with Crippen LogP contribution in [0.3, 0.4) is 0 Å². The molecule has 0 amide bonds. The second-order valence-corrected chi connectivity index (χ2v) is 4.80. The zero-order valence-electron chi connectivity index (χ0n) is 12.3. The molecule has 0 saturated carbocycles. The van der Waals surface area contributed by atoms with Crippen LogP contribution >= 0.6 is 0 Å². The quantitative estimate of drug-likeness (QED) is 0.455. The van der Waals surface area contributed by atoms with Crippen molar-refractivity contribution in [3.8, 4) is 0 Å². The van der Waals surface area contributed by atoms with Gasteiger partial charge in [0.15, 0.2) is 0 Å². The predicted molar refractivity (Wildman–Crippen MR) is 86.2 cm³/mol. The number of nitrogen functional groups attached to an aromatic ring is 1. The first-order chi connectivity index (χ1) is 9.55. The molecule has 0 fully saturated rings. The van der Waals surface area contributed by atoms with Gasteiger partial charge in [-0.1, -0.05) is 24.8 Å². The van der Waals surface area contributed by atoms with Gasteiger partial charge in [-0.3, -0.25) is 0 Å². The number of ether oxygens (including phenoxy) is 1. The summed E-state index contributed by atoms with van der Waals surface area (Å²) in [5.74, 6) is 0.815. The SMILES string of the molecule is C=C/C(C)=C\C(=C/C)OCC(N)Cc1ccc(N)cc1. The van der Waals surface area contributed by atoms with E-state index in [1.165, 1.54) is 0 Å². The van der Waals surface area contributed by atoms with Crippen LogP contribution in [0.25, 0.3) is 0 Å². The number of anilines is 1. The highest BCUT2D eigenvalue weighted by atomic mass is 16.5. The van der Waals surface area contributed by atoms with E-state index in [1.807, 2.05) is 50.3 Å². The van der Waals surface area contributed by atoms with Gasteiger partial charge in [-0.05, 0) is 55.7 Å². The second-order valence-electron chi connectivity index (χ2n) is 4.80. The molecule has 0 saturated heterocycles. The molecule has 1 rings (SSSR count). The van der Waals surface area contributed by atoms with Gasteiger partial charge in [0.25, 0.3) is 0 Å². The van der Waals surface area contributed by atoms with E-state index < -0.39 is 0 Å². The molecular formula is C17H24N2O. The summed E-state index contributed by atoms with van der Waals surface area (Å²) >= 11 is 0. The average molecular weight is 272 g/mol. The normalized spacial score (nSPS) is 13.9. The predicted octanol–water partition coefficient (Wildman–Crippen LogP) is 3.19. The third-order valence-corrected chi connectivity index (χ3v) is 2.92. The monoisotopic (exact) mass is 272 g/mol. The van der Waals surface area contributed by atoms with Crippen molar-refractivity contribution in [3.05, 3.63) is 66.0 Å². The van der Waals surface area contributed by atoms with Crippen molar-refractivity contribution in [1.29, 1.82) is 0 Å². The van der Waals surface area contributed by atoms with Crippen molar-refractivity contribution in [2.24, 2.45) is 5.73 Å². The minimum Gasteiger partial charge on any atom is -0.492 e. The Balaban J connectivity index is 2.48. The Morgan fingerprint density at radius 2 is 2.00 bits per heavy atom. The minimum absolute atomic E-state index is 0.0500. The van der Waals surface area contributed by atoms with E-state index in [1.54, 1.807) is 6.08 Å². The van der Waals surface area contributed by atoms with E-state index in [4.69, 9.17) is 16.2 Å². The molecule has 0 aliphatic carbocycles. The van der Waals surface area contributed by atoms with Gasteiger partial charge in [0.2, 0.25) is 0 Å². The van der Waals surface area contributed by atoms with E-state index in [0.29, 0.717) is 6.61 Å². The van der Waals surface area contributed by atoms with Crippen LogP contribution < -0.4 is 11.5 Å². The Kier molecular flexibility index (Phi) is 6.60. The molecule has 1 aromatic rings. The second kappa shape index (κ2) is 8.23. The molecule has 0 radical (unpaired) electrons. The molecule has 20 heavy (non-hydrogen) atoms. The highest BCUT2D eigenvalue weighted by Gasteiger charge is 2.05. The van der Waals surface area contributed by atoms with Gasteiger partial charge in [0.1, 0.15) is 12.4 Å². The number of rotatable bonds is 7. The molecule has 0 aliphatic heterocycles. The van der Waals surface area contributed by atoms with E-state index in [-0.39, 0.29) is 6.04 Å². The van der Waals surface area contributed by atoms with Gasteiger partial charge in [0.05, 0.1) is 0 Å². The van der Waals surface area contributed by atoms with E-state index in [0.717, 1.165) is 29.0 Å². The van der Waals surface area contributed by atoms with Gasteiger partial charge >= 0.3 is 0 Å². The standard InChI is InChI=1S/C17H24N2O/c1-4-13(3)10-17(5-2)20-12-16(19)11-14-6-8-15(18)9-7-14/h4-10,16H,1,11-12,18-19H2,2-3H3/b13-10-,17-5+. The van der Waals surface area contributed by atoms with Crippen LogP contribution in [-0.4, -0.2) is 12.6 Å². The first-order valence-electron chi connectivity index (χ1n) is 6.75. The van der Waals surface area contributed by atoms with E-state index in [9.17, 15) is 0 Å². The number of hydrogen-bond donors (Lipinski definition) is 2. The lowest BCUT2D eigenvalue weighted by Crippen LogP contribution is -2.28. The first-order valence-corrected chi connectivity index (χ1v) is 6.75. The summed E-state index contributed by atoms with van der Waals surface area (Å²) in [6, 6.07) is 7.71. The summed E-state index contributed by atoms with van der Waals surface area (Å²) in [6.45, 7) is 8.12. The summed E-state index contributed by atoms with van der Waals surface area (Å²) in [7, 11) is 0. The molecule has 0 aliphatic rings. The summed E-state index contributed by atoms with van der Waals surface area (Å²) in [4.78, 5) is 0. The minimum atomic E-state index is -0.0500. The van der Waals surface area contributed by atoms with Crippen LogP contribution in [0.2, 0.25) is 0 Å². The maximum Gasteiger partial charge on any atom is 0.115 e. The van der Waals surface area contributed by atoms with Gasteiger partial charge in [-0.25, -0.2) is 0 Å². The highest BCUT2D eigenvalue weighted by molar-refractivity contribution is 5.39. The summed E-state index contributed by atoms with van der Waals surface area (Å²) in [6.07, 6.45) is 6.43. The third kappa shape index (κ3) is 5.76. The van der Waals surface area contributed by atoms with Crippen LogP contribution in [0.15, 0.2) is 60.4 Å². The van der Waals surface area contributed by atoms with Crippen molar-refractivity contribution in [2.75, 3.05) is 12.3 Å². The fourth-order valence-corrected chi connectivity index (χ4v) is 1.71. The fraction of sp³-hybridized carbons (Fsp3) is 0.294. The molecule has 108 valence electrons. The van der Waals surface area contributed by atoms with Crippen molar-refractivity contribution in [2.45, 2.75) is 26.3 Å². The van der Waals surface area contributed by atoms with Gasteiger partial charge in [-0.15, -0.1) is 0 Å². The smallest absolute Gasteiger partial charge is 0.115 e. The van der Waals surface area contributed by atoms with Crippen molar-refractivity contribution in [3.63, 3.8) is 0 Å². The van der Waals surface area contributed by atoms with Crippen molar-refractivity contribution in [1.82, 2.24) is 0 Å². The van der Waals surface area contributed by atoms with Gasteiger partial charge < -0.3 is 16.2 Å². The lowest BCUT2D eigenvalue weighted by Gasteiger charge is -2.14. The summed E-state index contributed by atoms with van der Waals surface area (Å²) in [5.41, 5.74) is 14.7. The number of nitrogens with two attached hydrogens (primary N) is 2. The lowest BCUT2D eigenvalue weighted by molar-refractivity contribution is 0.203. The van der Waals surface area contributed by atoms with Crippen molar-refractivity contribution < 1.29 is 4.74 Å². The molecule has 4 N–H and O–H groups in total. The Bertz CT molecular complexity index is 486. The van der Waals surface area contributed by atoms with Crippen LogP contribution in [0.1, 0.15) is 19.4 Å². The summed E-state index contributed by atoms with van der Waals surface area (Å²) in [5, 5.41) is 0. The lowest BCUT2D eigenvalue weighted by atomic mass is 10.1. The van der Waals surface area contributed by atoms with E-state index in [2.05, 4.69) is 6.58 Å². The molecule has 0 spiro atoms. The Hall–Kier alpha value is -2.00. The first kappa shape index (κ1) is 16.1. The largest absolute Gasteiger partial charge is 0.492 e. The van der Waals surface area contributed by atoms with Crippen LogP contribution in [0.5, 0.6) is 0 Å². The van der Waals surface area contributed by atoms with Crippen LogP contribution in [-0.2, 0) is 11.2 Å². The van der Waals surface area contributed by atoms with Gasteiger partial charge in [0, 0.05) is 11.7 Å². The van der Waals surface area contributed by atoms with Crippen LogP contribution in [0, 0.1) is 0 Å². The van der Waals surface area contributed by atoms with Crippen molar-refractivity contribution >= 4 is 5.69 Å². The van der Waals surface area contributed by atoms with E-state index >= 15 is 0 Å². The zero-order chi connectivity index (χ0) is 15.0. The Labute approximate surface area is 121 Å². The Morgan fingerprint density at radius 3 is 2.55 bits per heavy atom. The zero-order valence-corrected chi connectivity index (χ0v) is 12.3. The maximum absolute atomic E-state index is 6.09. The molecule has 0 aromatic heterocycles. The molecule has 1 atom stereocenters. The molecule has 3 heteroatoms. The van der Waals surface area contributed by atoms with Crippen LogP contribution in [0.4, 0.5) is 5.69 Å². The number of allylic oxidation sites excluding steroid dienone is 4. The molecular weight excluding hydrogens is 248 g/mol. The molecule has 3 nitrogen and oxygen atoms in total. The molecule has 0 heterocycles. The number of hydrogen-bond acceptors (Lipinski definition) is 3. The molecule has 0 bridgehead atoms. The highest BCUT2D eigenvalue weighted by Crippen LogP contribution is 2.09. The molecule has 1 aromatic carbocycles. The molecule has 1 unspecified atom stereocenters. The number of benzene rings is 1. The third-order valence-electron chi connectivity index (χ3n) is 2.92.